The molecule has 0 aliphatic heterocycles. The Morgan fingerprint density at radius 2 is 1.85 bits per heavy atom. The summed E-state index contributed by atoms with van der Waals surface area (Å²) in [6.45, 7) is 5.80. The van der Waals surface area contributed by atoms with E-state index in [-0.39, 0.29) is 11.3 Å². The summed E-state index contributed by atoms with van der Waals surface area (Å²) in [7, 11) is 0. The largest absolute Gasteiger partial charge is 0.507 e. The highest BCUT2D eigenvalue weighted by atomic mass is 16.3. The summed E-state index contributed by atoms with van der Waals surface area (Å²) in [6.07, 6.45) is 3.17. The van der Waals surface area contributed by atoms with Crippen molar-refractivity contribution < 1.29 is 14.3 Å². The first kappa shape index (κ1) is 17.8. The number of primary amides is 1. The summed E-state index contributed by atoms with van der Waals surface area (Å²) in [5, 5.41) is 10.8. The number of benzene rings is 2. The van der Waals surface area contributed by atoms with Crippen LogP contribution in [0.3, 0.4) is 0 Å². The van der Waals surface area contributed by atoms with Crippen molar-refractivity contribution in [3.63, 3.8) is 0 Å². The summed E-state index contributed by atoms with van der Waals surface area (Å²) in [5.74, 6) is 0.00601. The van der Waals surface area contributed by atoms with Crippen LogP contribution in [0.15, 0.2) is 47.1 Å². The van der Waals surface area contributed by atoms with Gasteiger partial charge in [-0.15, -0.1) is 0 Å². The van der Waals surface area contributed by atoms with E-state index in [0.29, 0.717) is 17.7 Å². The van der Waals surface area contributed by atoms with Gasteiger partial charge in [0.25, 0.3) is 5.91 Å². The first-order chi connectivity index (χ1) is 12.5. The van der Waals surface area contributed by atoms with E-state index in [9.17, 15) is 9.90 Å². The fraction of sp³-hybridized carbons (Fsp3) is 0.227. The van der Waals surface area contributed by atoms with Crippen LogP contribution >= 0.6 is 0 Å². The van der Waals surface area contributed by atoms with Crippen LogP contribution in [0.2, 0.25) is 0 Å². The van der Waals surface area contributed by atoms with Crippen LogP contribution in [0.4, 0.5) is 0 Å². The van der Waals surface area contributed by atoms with Gasteiger partial charge >= 0.3 is 0 Å². The standard InChI is InChI=1S/C22H23NO3/c1-4-8-16-11-17(15-9-6-5-7-10-15)19(20(21(16)24)22(23)25)18-13(2)12-26-14(18)3/h5-7,9-12,24H,4,8H2,1-3H3,(H2,23,25). The van der Waals surface area contributed by atoms with Crippen LogP contribution in [-0.2, 0) is 6.42 Å². The van der Waals surface area contributed by atoms with Crippen molar-refractivity contribution in [3.05, 3.63) is 65.1 Å². The summed E-state index contributed by atoms with van der Waals surface area (Å²) >= 11 is 0. The molecule has 3 N–H and O–H groups in total. The second-order valence-electron chi connectivity index (χ2n) is 6.51. The molecular formula is C22H23NO3. The van der Waals surface area contributed by atoms with E-state index in [4.69, 9.17) is 10.2 Å². The van der Waals surface area contributed by atoms with E-state index >= 15 is 0 Å². The van der Waals surface area contributed by atoms with Gasteiger partial charge in [0.1, 0.15) is 11.5 Å². The topological polar surface area (TPSA) is 76.5 Å². The Morgan fingerprint density at radius 1 is 1.15 bits per heavy atom. The number of rotatable bonds is 5. The molecule has 3 aromatic rings. The SMILES string of the molecule is CCCc1cc(-c2ccccc2)c(-c2c(C)coc2C)c(C(N)=O)c1O. The third kappa shape index (κ3) is 2.99. The van der Waals surface area contributed by atoms with Crippen LogP contribution in [0.5, 0.6) is 5.75 Å². The average molecular weight is 349 g/mol. The summed E-state index contributed by atoms with van der Waals surface area (Å²) < 4.78 is 5.56. The maximum absolute atomic E-state index is 12.3. The highest BCUT2D eigenvalue weighted by Crippen LogP contribution is 2.44. The van der Waals surface area contributed by atoms with E-state index in [1.54, 1.807) is 6.26 Å². The number of amides is 1. The minimum atomic E-state index is -0.646. The van der Waals surface area contributed by atoms with Crippen LogP contribution in [0.25, 0.3) is 22.3 Å². The molecule has 0 atom stereocenters. The van der Waals surface area contributed by atoms with Gasteiger partial charge in [-0.1, -0.05) is 43.7 Å². The van der Waals surface area contributed by atoms with Gasteiger partial charge in [-0.2, -0.15) is 0 Å². The third-order valence-corrected chi connectivity index (χ3v) is 4.64. The van der Waals surface area contributed by atoms with Crippen molar-refractivity contribution in [1.29, 1.82) is 0 Å². The molecule has 0 aliphatic carbocycles. The first-order valence-corrected chi connectivity index (χ1v) is 8.74. The lowest BCUT2D eigenvalue weighted by atomic mass is 9.85. The molecule has 1 amide bonds. The van der Waals surface area contributed by atoms with Crippen LogP contribution < -0.4 is 5.73 Å². The first-order valence-electron chi connectivity index (χ1n) is 8.74. The molecule has 0 radical (unpaired) electrons. The molecule has 0 fully saturated rings. The zero-order valence-corrected chi connectivity index (χ0v) is 15.3. The Hall–Kier alpha value is -3.01. The molecule has 134 valence electrons. The van der Waals surface area contributed by atoms with Crippen molar-refractivity contribution in [3.8, 4) is 28.0 Å². The van der Waals surface area contributed by atoms with Crippen molar-refractivity contribution in [2.75, 3.05) is 0 Å². The molecule has 1 heterocycles. The molecule has 0 spiro atoms. The summed E-state index contributed by atoms with van der Waals surface area (Å²) in [6, 6.07) is 11.8. The molecule has 0 saturated heterocycles. The summed E-state index contributed by atoms with van der Waals surface area (Å²) in [4.78, 5) is 12.3. The van der Waals surface area contributed by atoms with Crippen LogP contribution in [0.1, 0.15) is 40.6 Å². The lowest BCUT2D eigenvalue weighted by molar-refractivity contribution is 0.0998. The lowest BCUT2D eigenvalue weighted by Crippen LogP contribution is -2.15. The van der Waals surface area contributed by atoms with Gasteiger partial charge in [0.2, 0.25) is 0 Å². The zero-order valence-electron chi connectivity index (χ0n) is 15.3. The number of hydrogen-bond acceptors (Lipinski definition) is 3. The molecule has 1 aromatic heterocycles. The maximum Gasteiger partial charge on any atom is 0.253 e. The number of aryl methyl sites for hydroxylation is 3. The quantitative estimate of drug-likeness (QED) is 0.681. The summed E-state index contributed by atoms with van der Waals surface area (Å²) in [5.41, 5.74) is 10.7. The number of carbonyl (C=O) groups excluding carboxylic acids is 1. The van der Waals surface area contributed by atoms with Crippen molar-refractivity contribution in [2.45, 2.75) is 33.6 Å². The van der Waals surface area contributed by atoms with Crippen LogP contribution in [0, 0.1) is 13.8 Å². The number of aromatic hydroxyl groups is 1. The van der Waals surface area contributed by atoms with Crippen LogP contribution in [-0.4, -0.2) is 11.0 Å². The fourth-order valence-corrected chi connectivity index (χ4v) is 3.48. The van der Waals surface area contributed by atoms with Gasteiger partial charge in [0, 0.05) is 11.1 Å². The van der Waals surface area contributed by atoms with E-state index < -0.39 is 5.91 Å². The van der Waals surface area contributed by atoms with Gasteiger partial charge in [0.05, 0.1) is 11.8 Å². The Labute approximate surface area is 153 Å². The number of carbonyl (C=O) groups is 1. The van der Waals surface area contributed by atoms with Gasteiger partial charge in [-0.25, -0.2) is 0 Å². The molecular weight excluding hydrogens is 326 g/mol. The smallest absolute Gasteiger partial charge is 0.253 e. The highest BCUT2D eigenvalue weighted by Gasteiger charge is 2.26. The molecule has 0 unspecified atom stereocenters. The van der Waals surface area contributed by atoms with Gasteiger partial charge in [0.15, 0.2) is 0 Å². The van der Waals surface area contributed by atoms with E-state index in [1.165, 1.54) is 0 Å². The second-order valence-corrected chi connectivity index (χ2v) is 6.51. The molecule has 26 heavy (non-hydrogen) atoms. The molecule has 0 saturated carbocycles. The van der Waals surface area contributed by atoms with E-state index in [1.807, 2.05) is 57.2 Å². The Kier molecular flexibility index (Phi) is 4.85. The van der Waals surface area contributed by atoms with Crippen molar-refractivity contribution >= 4 is 5.91 Å². The molecule has 4 heteroatoms. The molecule has 0 aliphatic rings. The van der Waals surface area contributed by atoms with Crippen molar-refractivity contribution in [2.24, 2.45) is 5.73 Å². The number of phenols is 1. The zero-order chi connectivity index (χ0) is 18.8. The molecule has 4 nitrogen and oxygen atoms in total. The monoisotopic (exact) mass is 349 g/mol. The third-order valence-electron chi connectivity index (χ3n) is 4.64. The Balaban J connectivity index is 2.47. The number of hydrogen-bond donors (Lipinski definition) is 2. The molecule has 2 aromatic carbocycles. The minimum absolute atomic E-state index is 0.0333. The minimum Gasteiger partial charge on any atom is -0.507 e. The highest BCUT2D eigenvalue weighted by molar-refractivity contribution is 6.07. The predicted octanol–water partition coefficient (Wildman–Crippen LogP) is 4.99. The Morgan fingerprint density at radius 3 is 2.38 bits per heavy atom. The second kappa shape index (κ2) is 7.08. The normalized spacial score (nSPS) is 10.9. The van der Waals surface area contributed by atoms with Gasteiger partial charge < -0.3 is 15.3 Å². The van der Waals surface area contributed by atoms with Gasteiger partial charge in [-0.05, 0) is 48.6 Å². The maximum atomic E-state index is 12.3. The Bertz CT molecular complexity index is 936. The molecule has 0 bridgehead atoms. The fourth-order valence-electron chi connectivity index (χ4n) is 3.48. The van der Waals surface area contributed by atoms with E-state index in [2.05, 4.69) is 0 Å². The number of furan rings is 1. The van der Waals surface area contributed by atoms with Crippen molar-refractivity contribution in [1.82, 2.24) is 0 Å². The lowest BCUT2D eigenvalue weighted by Gasteiger charge is -2.19. The molecule has 3 rings (SSSR count). The van der Waals surface area contributed by atoms with E-state index in [0.717, 1.165) is 34.2 Å². The predicted molar refractivity (Wildman–Crippen MR) is 103 cm³/mol. The van der Waals surface area contributed by atoms with Gasteiger partial charge in [-0.3, -0.25) is 4.79 Å². The average Bonchev–Trinajstić information content (AvgIpc) is 2.95. The number of nitrogens with two attached hydrogens (primary N) is 1.